The van der Waals surface area contributed by atoms with Crippen LogP contribution in [0.3, 0.4) is 0 Å². The Morgan fingerprint density at radius 1 is 1.13 bits per heavy atom. The maximum Gasteiger partial charge on any atom is 0.191 e. The number of aliphatic hydroxyl groups excluding tert-OH is 1. The molecule has 2 aromatic carbocycles. The third kappa shape index (κ3) is 6.75. The van der Waals surface area contributed by atoms with E-state index in [1.165, 1.54) is 5.56 Å². The summed E-state index contributed by atoms with van der Waals surface area (Å²) in [5.41, 5.74) is 2.20. The minimum Gasteiger partial charge on any atom is -0.497 e. The number of methoxy groups -OCH3 is 1. The molecule has 1 saturated heterocycles. The summed E-state index contributed by atoms with van der Waals surface area (Å²) < 4.78 is 5.17. The van der Waals surface area contributed by atoms with E-state index in [1.54, 1.807) is 7.11 Å². The molecule has 6 nitrogen and oxygen atoms in total. The van der Waals surface area contributed by atoms with Crippen LogP contribution in [-0.4, -0.2) is 55.3 Å². The summed E-state index contributed by atoms with van der Waals surface area (Å²) in [6.45, 7) is 6.31. The summed E-state index contributed by atoms with van der Waals surface area (Å²) in [7, 11) is 1.64. The summed E-state index contributed by atoms with van der Waals surface area (Å²) in [6.07, 6.45) is 1.52. The fraction of sp³-hybridized carbons (Fsp3) is 0.458. The molecule has 0 radical (unpaired) electrons. The zero-order chi connectivity index (χ0) is 21.2. The lowest BCUT2D eigenvalue weighted by molar-refractivity contribution is 0.186. The fourth-order valence-corrected chi connectivity index (χ4v) is 3.70. The molecule has 2 aromatic rings. The fourth-order valence-electron chi connectivity index (χ4n) is 3.70. The van der Waals surface area contributed by atoms with E-state index < -0.39 is 6.10 Å². The lowest BCUT2D eigenvalue weighted by Crippen LogP contribution is -2.48. The monoisotopic (exact) mass is 410 g/mol. The molecule has 30 heavy (non-hydrogen) atoms. The lowest BCUT2D eigenvalue weighted by atomic mass is 10.0. The highest BCUT2D eigenvalue weighted by atomic mass is 16.5. The highest BCUT2D eigenvalue weighted by Gasteiger charge is 2.20. The van der Waals surface area contributed by atoms with E-state index in [4.69, 9.17) is 4.74 Å². The minimum absolute atomic E-state index is 0.314. The second-order valence-electron chi connectivity index (χ2n) is 7.69. The van der Waals surface area contributed by atoms with Gasteiger partial charge in [-0.1, -0.05) is 42.5 Å². The van der Waals surface area contributed by atoms with Gasteiger partial charge < -0.3 is 20.5 Å². The number of benzene rings is 2. The van der Waals surface area contributed by atoms with Gasteiger partial charge in [-0.3, -0.25) is 9.89 Å². The molecule has 162 valence electrons. The number of hydrogen-bond donors (Lipinski definition) is 3. The average Bonchev–Trinajstić information content (AvgIpc) is 2.79. The van der Waals surface area contributed by atoms with Crippen LogP contribution in [0.1, 0.15) is 37.0 Å². The first-order valence-corrected chi connectivity index (χ1v) is 10.8. The first kappa shape index (κ1) is 22.1. The van der Waals surface area contributed by atoms with E-state index in [2.05, 4.69) is 57.8 Å². The van der Waals surface area contributed by atoms with Crippen molar-refractivity contribution in [3.63, 3.8) is 0 Å². The van der Waals surface area contributed by atoms with E-state index in [9.17, 15) is 5.11 Å². The van der Waals surface area contributed by atoms with E-state index in [0.29, 0.717) is 12.6 Å². The predicted molar refractivity (Wildman–Crippen MR) is 122 cm³/mol. The van der Waals surface area contributed by atoms with Gasteiger partial charge in [-0.25, -0.2) is 0 Å². The van der Waals surface area contributed by atoms with Crippen LogP contribution in [-0.2, 0) is 6.54 Å². The second-order valence-corrected chi connectivity index (χ2v) is 7.69. The quantitative estimate of drug-likeness (QED) is 0.461. The maximum absolute atomic E-state index is 10.5. The van der Waals surface area contributed by atoms with Gasteiger partial charge in [-0.2, -0.15) is 0 Å². The molecule has 0 aliphatic carbocycles. The van der Waals surface area contributed by atoms with Crippen molar-refractivity contribution >= 4 is 5.96 Å². The summed E-state index contributed by atoms with van der Waals surface area (Å²) in [5, 5.41) is 17.3. The molecule has 1 heterocycles. The number of hydrogen-bond acceptors (Lipinski definition) is 4. The van der Waals surface area contributed by atoms with Crippen LogP contribution in [0.2, 0.25) is 0 Å². The number of ether oxygens (including phenoxy) is 1. The number of aliphatic hydroxyl groups is 1. The molecule has 0 aromatic heterocycles. The molecule has 1 unspecified atom stereocenters. The van der Waals surface area contributed by atoms with Gasteiger partial charge in [-0.15, -0.1) is 0 Å². The summed E-state index contributed by atoms with van der Waals surface area (Å²) >= 11 is 0. The van der Waals surface area contributed by atoms with Crippen LogP contribution in [0.25, 0.3) is 0 Å². The van der Waals surface area contributed by atoms with E-state index >= 15 is 0 Å². The summed E-state index contributed by atoms with van der Waals surface area (Å²) in [6, 6.07) is 18.5. The van der Waals surface area contributed by atoms with Gasteiger partial charge in [0.25, 0.3) is 0 Å². The molecule has 0 saturated carbocycles. The molecular formula is C24H34N4O2. The molecule has 6 heteroatoms. The van der Waals surface area contributed by atoms with Crippen molar-refractivity contribution in [1.82, 2.24) is 15.5 Å². The van der Waals surface area contributed by atoms with Crippen molar-refractivity contribution < 1.29 is 9.84 Å². The number of likely N-dealkylation sites (tertiary alicyclic amines) is 1. The Bertz CT molecular complexity index is 772. The SMILES string of the molecule is CCNC(=NCC(O)c1ccc(OC)cc1)NC1CCN(Cc2ccccc2)CC1. The second kappa shape index (κ2) is 11.6. The van der Waals surface area contributed by atoms with Crippen molar-refractivity contribution in [2.45, 2.75) is 38.5 Å². The third-order valence-electron chi connectivity index (χ3n) is 5.44. The Morgan fingerprint density at radius 3 is 2.47 bits per heavy atom. The molecule has 0 spiro atoms. The van der Waals surface area contributed by atoms with Crippen molar-refractivity contribution in [3.8, 4) is 5.75 Å². The molecule has 3 rings (SSSR count). The van der Waals surface area contributed by atoms with E-state index in [-0.39, 0.29) is 0 Å². The number of piperidine rings is 1. The smallest absolute Gasteiger partial charge is 0.191 e. The van der Waals surface area contributed by atoms with Gasteiger partial charge in [-0.05, 0) is 43.0 Å². The molecule has 1 aliphatic rings. The Morgan fingerprint density at radius 2 is 1.83 bits per heavy atom. The number of nitrogens with zero attached hydrogens (tertiary/aromatic N) is 2. The molecule has 0 amide bonds. The Hall–Kier alpha value is -2.57. The van der Waals surface area contributed by atoms with Gasteiger partial charge in [0.15, 0.2) is 5.96 Å². The standard InChI is InChI=1S/C24H34N4O2/c1-3-25-24(26-17-23(29)20-9-11-22(30-2)12-10-20)27-21-13-15-28(16-14-21)18-19-7-5-4-6-8-19/h4-12,21,23,29H,3,13-18H2,1-2H3,(H2,25,26,27). The normalized spacial score (nSPS) is 16.8. The van der Waals surface area contributed by atoms with Crippen LogP contribution in [0.4, 0.5) is 0 Å². The van der Waals surface area contributed by atoms with Gasteiger partial charge >= 0.3 is 0 Å². The van der Waals surface area contributed by atoms with Crippen LogP contribution in [0.15, 0.2) is 59.6 Å². The lowest BCUT2D eigenvalue weighted by Gasteiger charge is -2.33. The van der Waals surface area contributed by atoms with Crippen LogP contribution in [0, 0.1) is 0 Å². The largest absolute Gasteiger partial charge is 0.497 e. The highest BCUT2D eigenvalue weighted by molar-refractivity contribution is 5.80. The molecule has 1 atom stereocenters. The molecule has 0 bridgehead atoms. The zero-order valence-corrected chi connectivity index (χ0v) is 18.1. The van der Waals surface area contributed by atoms with E-state index in [1.807, 2.05) is 24.3 Å². The number of nitrogens with one attached hydrogen (secondary N) is 2. The van der Waals surface area contributed by atoms with Crippen molar-refractivity contribution in [2.24, 2.45) is 4.99 Å². The van der Waals surface area contributed by atoms with Crippen molar-refractivity contribution in [3.05, 3.63) is 65.7 Å². The third-order valence-corrected chi connectivity index (χ3v) is 5.44. The van der Waals surface area contributed by atoms with Crippen LogP contribution < -0.4 is 15.4 Å². The molecule has 3 N–H and O–H groups in total. The topological polar surface area (TPSA) is 69.1 Å². The molecular weight excluding hydrogens is 376 g/mol. The average molecular weight is 411 g/mol. The summed E-state index contributed by atoms with van der Waals surface area (Å²) in [4.78, 5) is 7.12. The number of aliphatic imine (C=N–C) groups is 1. The molecule has 1 fully saturated rings. The number of rotatable bonds is 8. The van der Waals surface area contributed by atoms with Crippen molar-refractivity contribution in [2.75, 3.05) is 33.3 Å². The van der Waals surface area contributed by atoms with Crippen molar-refractivity contribution in [1.29, 1.82) is 0 Å². The first-order valence-electron chi connectivity index (χ1n) is 10.8. The summed E-state index contributed by atoms with van der Waals surface area (Å²) in [5.74, 6) is 1.55. The van der Waals surface area contributed by atoms with Gasteiger partial charge in [0.1, 0.15) is 5.75 Å². The highest BCUT2D eigenvalue weighted by Crippen LogP contribution is 2.18. The maximum atomic E-state index is 10.5. The van der Waals surface area contributed by atoms with Crippen LogP contribution in [0.5, 0.6) is 5.75 Å². The molecule has 1 aliphatic heterocycles. The van der Waals surface area contributed by atoms with Crippen LogP contribution >= 0.6 is 0 Å². The predicted octanol–water partition coefficient (Wildman–Crippen LogP) is 2.95. The Balaban J connectivity index is 1.48. The Kier molecular flexibility index (Phi) is 8.53. The van der Waals surface area contributed by atoms with Gasteiger partial charge in [0.2, 0.25) is 0 Å². The first-order chi connectivity index (χ1) is 14.7. The Labute approximate surface area is 180 Å². The zero-order valence-electron chi connectivity index (χ0n) is 18.1. The number of guanidine groups is 1. The van der Waals surface area contributed by atoms with Gasteiger partial charge in [0.05, 0.1) is 19.8 Å². The minimum atomic E-state index is -0.640. The van der Waals surface area contributed by atoms with Gasteiger partial charge in [0, 0.05) is 32.2 Å². The van der Waals surface area contributed by atoms with E-state index in [0.717, 1.165) is 56.3 Å².